The van der Waals surface area contributed by atoms with E-state index in [0.717, 1.165) is 44.9 Å². The molecule has 0 bridgehead atoms. The Balaban J connectivity index is 3.87. The number of unbranched alkanes of at least 4 members (excludes halogenated alkanes) is 2. The van der Waals surface area contributed by atoms with E-state index in [2.05, 4.69) is 44.2 Å². The van der Waals surface area contributed by atoms with Crippen molar-refractivity contribution >= 4 is 0 Å². The highest BCUT2D eigenvalue weighted by atomic mass is 16.7. The summed E-state index contributed by atoms with van der Waals surface area (Å²) in [5, 5.41) is 8.55. The van der Waals surface area contributed by atoms with Gasteiger partial charge in [0.2, 0.25) is 0 Å². The average Bonchev–Trinajstić information content (AvgIpc) is 2.50. The lowest BCUT2D eigenvalue weighted by Gasteiger charge is -2.17. The Bertz CT molecular complexity index is 285. The van der Waals surface area contributed by atoms with Crippen LogP contribution in [0, 0.1) is 11.3 Å². The normalized spacial score (nSPS) is 11.7. The summed E-state index contributed by atoms with van der Waals surface area (Å²) in [5.41, 5.74) is 0. The zero-order chi connectivity index (χ0) is 15.6. The summed E-state index contributed by atoms with van der Waals surface area (Å²) in [6.45, 7) is 5.65. The first-order valence-corrected chi connectivity index (χ1v) is 8.25. The minimum Gasteiger partial charge on any atom is -0.352 e. The summed E-state index contributed by atoms with van der Waals surface area (Å²) in [7, 11) is 0. The molecule has 0 radical (unpaired) electrons. The first kappa shape index (κ1) is 19.9. The molecular formula is C18H31NO2. The van der Waals surface area contributed by atoms with Crippen LogP contribution in [0.1, 0.15) is 65.2 Å². The Morgan fingerprint density at radius 3 is 1.95 bits per heavy atom. The van der Waals surface area contributed by atoms with Crippen LogP contribution in [-0.4, -0.2) is 19.5 Å². The highest BCUT2D eigenvalue weighted by Gasteiger charge is 2.08. The molecule has 0 heterocycles. The Morgan fingerprint density at radius 2 is 1.48 bits per heavy atom. The molecule has 0 aromatic rings. The number of nitrogens with zero attached hydrogens (tertiary/aromatic N) is 1. The molecule has 0 aliphatic heterocycles. The number of hydrogen-bond acceptors (Lipinski definition) is 3. The largest absolute Gasteiger partial charge is 0.352 e. The number of ether oxygens (including phenoxy) is 2. The Morgan fingerprint density at radius 1 is 0.905 bits per heavy atom. The second kappa shape index (κ2) is 16.9. The molecule has 0 amide bonds. The van der Waals surface area contributed by atoms with Gasteiger partial charge in [-0.25, -0.2) is 0 Å². The molecule has 21 heavy (non-hydrogen) atoms. The van der Waals surface area contributed by atoms with Crippen LogP contribution < -0.4 is 0 Å². The highest BCUT2D eigenvalue weighted by Crippen LogP contribution is 2.09. The van der Waals surface area contributed by atoms with Crippen LogP contribution in [0.3, 0.4) is 0 Å². The van der Waals surface area contributed by atoms with Crippen molar-refractivity contribution in [1.82, 2.24) is 0 Å². The lowest BCUT2D eigenvalue weighted by Crippen LogP contribution is -2.18. The fourth-order valence-corrected chi connectivity index (χ4v) is 1.83. The van der Waals surface area contributed by atoms with Crippen molar-refractivity contribution in [2.45, 2.75) is 71.5 Å². The van der Waals surface area contributed by atoms with Gasteiger partial charge in [0.1, 0.15) is 0 Å². The van der Waals surface area contributed by atoms with E-state index in [1.54, 1.807) is 0 Å². The van der Waals surface area contributed by atoms with Crippen LogP contribution in [0.15, 0.2) is 24.3 Å². The smallest absolute Gasteiger partial charge is 0.157 e. The second-order valence-electron chi connectivity index (χ2n) is 4.91. The monoisotopic (exact) mass is 293 g/mol. The molecule has 3 heteroatoms. The summed E-state index contributed by atoms with van der Waals surface area (Å²) < 4.78 is 11.6. The van der Waals surface area contributed by atoms with Gasteiger partial charge in [-0.15, -0.1) is 0 Å². The van der Waals surface area contributed by atoms with Crippen molar-refractivity contribution in [2.75, 3.05) is 13.2 Å². The van der Waals surface area contributed by atoms with E-state index in [-0.39, 0.29) is 6.29 Å². The van der Waals surface area contributed by atoms with Crippen molar-refractivity contribution < 1.29 is 9.47 Å². The van der Waals surface area contributed by atoms with E-state index in [9.17, 15) is 0 Å². The van der Waals surface area contributed by atoms with Crippen molar-refractivity contribution in [1.29, 1.82) is 5.26 Å². The summed E-state index contributed by atoms with van der Waals surface area (Å²) in [6.07, 6.45) is 15.9. The van der Waals surface area contributed by atoms with E-state index < -0.39 is 0 Å². The third kappa shape index (κ3) is 15.1. The van der Waals surface area contributed by atoms with Crippen LogP contribution in [-0.2, 0) is 9.47 Å². The van der Waals surface area contributed by atoms with Gasteiger partial charge >= 0.3 is 0 Å². The van der Waals surface area contributed by atoms with Crippen LogP contribution in [0.2, 0.25) is 0 Å². The van der Waals surface area contributed by atoms with E-state index in [4.69, 9.17) is 14.7 Å². The topological polar surface area (TPSA) is 42.2 Å². The standard InChI is InChI=1S/C18H31NO2/c1-3-5-7-12-16-20-18(14-10-9-11-15-19)21-17-13-8-6-4-2/h5-8,18H,3-4,9-14,16-17H2,1-2H3/b7-5-,8-6-. The predicted octanol–water partition coefficient (Wildman–Crippen LogP) is 5.14. The minimum atomic E-state index is -0.131. The van der Waals surface area contributed by atoms with Gasteiger partial charge in [0.25, 0.3) is 0 Å². The lowest BCUT2D eigenvalue weighted by atomic mass is 10.2. The Kier molecular flexibility index (Phi) is 16.0. The van der Waals surface area contributed by atoms with Crippen molar-refractivity contribution in [3.05, 3.63) is 24.3 Å². The molecule has 0 aliphatic carbocycles. The van der Waals surface area contributed by atoms with Gasteiger partial charge in [-0.2, -0.15) is 5.26 Å². The predicted molar refractivity (Wildman–Crippen MR) is 87.9 cm³/mol. The molecule has 0 N–H and O–H groups in total. The molecule has 0 atom stereocenters. The zero-order valence-corrected chi connectivity index (χ0v) is 13.7. The number of nitriles is 1. The number of hydrogen-bond donors (Lipinski definition) is 0. The van der Waals surface area contributed by atoms with Crippen LogP contribution in [0.5, 0.6) is 0 Å². The fourth-order valence-electron chi connectivity index (χ4n) is 1.83. The maximum absolute atomic E-state index is 8.55. The molecular weight excluding hydrogens is 262 g/mol. The van der Waals surface area contributed by atoms with Gasteiger partial charge in [0.05, 0.1) is 19.3 Å². The Labute approximate surface area is 130 Å². The molecule has 0 rings (SSSR count). The van der Waals surface area contributed by atoms with E-state index >= 15 is 0 Å². The minimum absolute atomic E-state index is 0.131. The molecule has 120 valence electrons. The third-order valence-corrected chi connectivity index (χ3v) is 2.96. The highest BCUT2D eigenvalue weighted by molar-refractivity contribution is 4.80. The van der Waals surface area contributed by atoms with Gasteiger partial charge in [0, 0.05) is 6.42 Å². The maximum Gasteiger partial charge on any atom is 0.157 e. The van der Waals surface area contributed by atoms with Gasteiger partial charge in [-0.1, -0.05) is 38.2 Å². The van der Waals surface area contributed by atoms with Gasteiger partial charge in [-0.05, 0) is 44.9 Å². The van der Waals surface area contributed by atoms with E-state index in [1.807, 2.05) is 0 Å². The number of rotatable bonds is 14. The molecule has 0 saturated heterocycles. The summed E-state index contributed by atoms with van der Waals surface area (Å²) >= 11 is 0. The molecule has 0 aromatic carbocycles. The summed E-state index contributed by atoms with van der Waals surface area (Å²) in [4.78, 5) is 0. The van der Waals surface area contributed by atoms with Gasteiger partial charge in [0.15, 0.2) is 6.29 Å². The zero-order valence-electron chi connectivity index (χ0n) is 13.7. The first-order valence-electron chi connectivity index (χ1n) is 8.25. The Hall–Kier alpha value is -1.11. The van der Waals surface area contributed by atoms with Crippen molar-refractivity contribution in [3.8, 4) is 6.07 Å². The molecule has 0 aliphatic rings. The molecule has 0 aromatic heterocycles. The van der Waals surface area contributed by atoms with Crippen LogP contribution >= 0.6 is 0 Å². The summed E-state index contributed by atoms with van der Waals surface area (Å²) in [5.74, 6) is 0. The fraction of sp³-hybridized carbons (Fsp3) is 0.722. The molecule has 0 spiro atoms. The lowest BCUT2D eigenvalue weighted by molar-refractivity contribution is -0.144. The SMILES string of the molecule is CC/C=C\CCOC(CCCCC#N)OCC/C=C\CC. The van der Waals surface area contributed by atoms with E-state index in [1.165, 1.54) is 0 Å². The first-order chi connectivity index (χ1) is 10.3. The number of allylic oxidation sites excluding steroid dienone is 2. The third-order valence-electron chi connectivity index (χ3n) is 2.96. The van der Waals surface area contributed by atoms with Crippen molar-refractivity contribution in [2.24, 2.45) is 0 Å². The van der Waals surface area contributed by atoms with Crippen molar-refractivity contribution in [3.63, 3.8) is 0 Å². The van der Waals surface area contributed by atoms with Crippen LogP contribution in [0.4, 0.5) is 0 Å². The molecule has 0 saturated carbocycles. The summed E-state index contributed by atoms with van der Waals surface area (Å²) in [6, 6.07) is 2.17. The quantitative estimate of drug-likeness (QED) is 0.253. The molecule has 0 unspecified atom stereocenters. The van der Waals surface area contributed by atoms with E-state index in [0.29, 0.717) is 19.6 Å². The second-order valence-corrected chi connectivity index (χ2v) is 4.91. The van der Waals surface area contributed by atoms with Gasteiger partial charge in [-0.3, -0.25) is 0 Å². The van der Waals surface area contributed by atoms with Crippen LogP contribution in [0.25, 0.3) is 0 Å². The molecule has 3 nitrogen and oxygen atoms in total. The van der Waals surface area contributed by atoms with Gasteiger partial charge < -0.3 is 9.47 Å². The maximum atomic E-state index is 8.55. The average molecular weight is 293 g/mol. The molecule has 0 fully saturated rings.